The molecular formula is C15H16BrN3O3. The maximum absolute atomic E-state index is 13.0. The zero-order valence-corrected chi connectivity index (χ0v) is 13.7. The summed E-state index contributed by atoms with van der Waals surface area (Å²) in [6, 6.07) is 5.68. The van der Waals surface area contributed by atoms with Gasteiger partial charge >= 0.3 is 0 Å². The van der Waals surface area contributed by atoms with E-state index in [9.17, 15) is 4.79 Å². The third kappa shape index (κ3) is 1.69. The number of fused-ring (bicyclic) bond motifs is 4. The molecule has 0 bridgehead atoms. The molecule has 2 N–H and O–H groups in total. The Morgan fingerprint density at radius 1 is 1.50 bits per heavy atom. The Kier molecular flexibility index (Phi) is 2.99. The second-order valence-electron chi connectivity index (χ2n) is 5.87. The summed E-state index contributed by atoms with van der Waals surface area (Å²) in [5, 5.41) is 0. The standard InChI is InChI=1S/C15H16BrN3O3/c1-19-13(20)15(18-14(19)17)9-6-8(16)2-3-11(9)22-12-4-5-21-7-10(12)15/h2-3,6,10,12H,4-5,7H2,1H3,(H2,17,18)/t10-,12?,15-/m0/s1. The molecule has 3 atom stereocenters. The van der Waals surface area contributed by atoms with Gasteiger partial charge < -0.3 is 15.2 Å². The lowest BCUT2D eigenvalue weighted by Gasteiger charge is -2.45. The molecule has 3 aliphatic heterocycles. The predicted octanol–water partition coefficient (Wildman–Crippen LogP) is 1.23. The summed E-state index contributed by atoms with van der Waals surface area (Å²) in [6.45, 7) is 1.07. The van der Waals surface area contributed by atoms with E-state index in [4.69, 9.17) is 15.2 Å². The van der Waals surface area contributed by atoms with Gasteiger partial charge in [0.1, 0.15) is 11.9 Å². The summed E-state index contributed by atoms with van der Waals surface area (Å²) in [6.07, 6.45) is 0.656. The van der Waals surface area contributed by atoms with Gasteiger partial charge in [-0.2, -0.15) is 0 Å². The molecule has 4 rings (SSSR count). The van der Waals surface area contributed by atoms with Crippen molar-refractivity contribution in [3.8, 4) is 5.75 Å². The molecule has 3 heterocycles. The number of hydrogen-bond donors (Lipinski definition) is 1. The Morgan fingerprint density at radius 2 is 2.32 bits per heavy atom. The van der Waals surface area contributed by atoms with Gasteiger partial charge in [-0.25, -0.2) is 4.99 Å². The number of hydrogen-bond acceptors (Lipinski definition) is 5. The van der Waals surface area contributed by atoms with E-state index < -0.39 is 5.54 Å². The number of nitrogens with two attached hydrogens (primary N) is 1. The summed E-state index contributed by atoms with van der Waals surface area (Å²) in [5.41, 5.74) is 5.67. The second kappa shape index (κ2) is 4.70. The van der Waals surface area contributed by atoms with Crippen LogP contribution >= 0.6 is 15.9 Å². The predicted molar refractivity (Wildman–Crippen MR) is 83.6 cm³/mol. The molecule has 1 saturated heterocycles. The van der Waals surface area contributed by atoms with Crippen molar-refractivity contribution in [3.63, 3.8) is 0 Å². The average molecular weight is 366 g/mol. The molecule has 6 nitrogen and oxygen atoms in total. The Hall–Kier alpha value is -1.60. The number of halogens is 1. The number of ether oxygens (including phenoxy) is 2. The lowest BCUT2D eigenvalue weighted by molar-refractivity contribution is -0.141. The van der Waals surface area contributed by atoms with Crippen LogP contribution in [0.1, 0.15) is 12.0 Å². The van der Waals surface area contributed by atoms with Crippen LogP contribution in [-0.4, -0.2) is 43.1 Å². The molecule has 1 aromatic rings. The third-order valence-electron chi connectivity index (χ3n) is 4.73. The number of benzene rings is 1. The summed E-state index contributed by atoms with van der Waals surface area (Å²) in [7, 11) is 1.65. The van der Waals surface area contributed by atoms with E-state index in [-0.39, 0.29) is 23.9 Å². The van der Waals surface area contributed by atoms with E-state index in [1.807, 2.05) is 18.2 Å². The molecule has 0 saturated carbocycles. The number of carbonyl (C=O) groups excluding carboxylic acids is 1. The lowest BCUT2D eigenvalue weighted by Crippen LogP contribution is -2.56. The van der Waals surface area contributed by atoms with Crippen molar-refractivity contribution in [1.82, 2.24) is 4.90 Å². The molecule has 0 radical (unpaired) electrons. The quantitative estimate of drug-likeness (QED) is 0.749. The number of likely N-dealkylation sites (N-methyl/N-ethyl adjacent to an activating group) is 1. The Morgan fingerprint density at radius 3 is 3.05 bits per heavy atom. The highest BCUT2D eigenvalue weighted by molar-refractivity contribution is 9.10. The second-order valence-corrected chi connectivity index (χ2v) is 6.78. The number of guanidine groups is 1. The molecule has 1 unspecified atom stereocenters. The summed E-state index contributed by atoms with van der Waals surface area (Å²) >= 11 is 3.47. The molecular weight excluding hydrogens is 350 g/mol. The molecule has 3 aliphatic rings. The number of nitrogens with zero attached hydrogens (tertiary/aromatic N) is 2. The highest BCUT2D eigenvalue weighted by atomic mass is 79.9. The summed E-state index contributed by atoms with van der Waals surface area (Å²) < 4.78 is 12.6. The van der Waals surface area contributed by atoms with Crippen LogP contribution in [0.4, 0.5) is 0 Å². The van der Waals surface area contributed by atoms with Crippen LogP contribution in [0.5, 0.6) is 5.75 Å². The van der Waals surface area contributed by atoms with Gasteiger partial charge in [0.05, 0.1) is 19.1 Å². The Labute approximate surface area is 136 Å². The van der Waals surface area contributed by atoms with E-state index in [1.165, 1.54) is 4.90 Å². The molecule has 7 heteroatoms. The minimum atomic E-state index is -1.04. The molecule has 0 aromatic heterocycles. The van der Waals surface area contributed by atoms with Gasteiger partial charge in [-0.05, 0) is 18.2 Å². The largest absolute Gasteiger partial charge is 0.489 e. The van der Waals surface area contributed by atoms with Gasteiger partial charge in [0.15, 0.2) is 11.5 Å². The lowest BCUT2D eigenvalue weighted by atomic mass is 9.72. The molecule has 1 amide bonds. The zero-order valence-electron chi connectivity index (χ0n) is 12.1. The fourth-order valence-corrected chi connectivity index (χ4v) is 3.96. The molecule has 1 spiro atoms. The van der Waals surface area contributed by atoms with Crippen LogP contribution < -0.4 is 10.5 Å². The van der Waals surface area contributed by atoms with Crippen molar-refractivity contribution in [3.05, 3.63) is 28.2 Å². The zero-order chi connectivity index (χ0) is 15.5. The number of carbonyl (C=O) groups is 1. The number of amides is 1. The van der Waals surface area contributed by atoms with Gasteiger partial charge in [0.2, 0.25) is 0 Å². The molecule has 22 heavy (non-hydrogen) atoms. The molecule has 1 fully saturated rings. The SMILES string of the molecule is CN1C(=O)[C@]2(N=C1N)c1cc(Br)ccc1OC1CCOC[C@@H]12. The van der Waals surface area contributed by atoms with Crippen LogP contribution in [0, 0.1) is 5.92 Å². The van der Waals surface area contributed by atoms with Crippen LogP contribution in [0.25, 0.3) is 0 Å². The summed E-state index contributed by atoms with van der Waals surface area (Å²) in [4.78, 5) is 19.0. The fourth-order valence-electron chi connectivity index (χ4n) is 3.59. The normalized spacial score (nSPS) is 33.3. The molecule has 116 valence electrons. The Bertz CT molecular complexity index is 693. The first-order valence-electron chi connectivity index (χ1n) is 7.22. The molecule has 0 aliphatic carbocycles. The van der Waals surface area contributed by atoms with Crippen LogP contribution in [-0.2, 0) is 15.1 Å². The van der Waals surface area contributed by atoms with Gasteiger partial charge in [-0.3, -0.25) is 9.69 Å². The monoisotopic (exact) mass is 365 g/mol. The van der Waals surface area contributed by atoms with Gasteiger partial charge in [0.25, 0.3) is 5.91 Å². The maximum atomic E-state index is 13.0. The van der Waals surface area contributed by atoms with Gasteiger partial charge in [0, 0.05) is 23.5 Å². The first-order valence-corrected chi connectivity index (χ1v) is 8.01. The highest BCUT2D eigenvalue weighted by Gasteiger charge is 2.60. The first kappa shape index (κ1) is 14.0. The van der Waals surface area contributed by atoms with Crippen molar-refractivity contribution in [1.29, 1.82) is 0 Å². The van der Waals surface area contributed by atoms with E-state index in [0.29, 0.717) is 19.0 Å². The van der Waals surface area contributed by atoms with Crippen molar-refractivity contribution in [2.24, 2.45) is 16.6 Å². The van der Waals surface area contributed by atoms with Crippen molar-refractivity contribution in [2.75, 3.05) is 20.3 Å². The minimum absolute atomic E-state index is 0.0885. The smallest absolute Gasteiger partial charge is 0.262 e. The summed E-state index contributed by atoms with van der Waals surface area (Å²) in [5.74, 6) is 0.654. The maximum Gasteiger partial charge on any atom is 0.262 e. The number of rotatable bonds is 0. The third-order valence-corrected chi connectivity index (χ3v) is 5.22. The van der Waals surface area contributed by atoms with Crippen molar-refractivity contribution >= 4 is 27.8 Å². The van der Waals surface area contributed by atoms with Crippen LogP contribution in [0.3, 0.4) is 0 Å². The van der Waals surface area contributed by atoms with Gasteiger partial charge in [-0.1, -0.05) is 15.9 Å². The fraction of sp³-hybridized carbons (Fsp3) is 0.467. The van der Waals surface area contributed by atoms with E-state index in [1.54, 1.807) is 7.05 Å². The van der Waals surface area contributed by atoms with E-state index in [0.717, 1.165) is 16.5 Å². The minimum Gasteiger partial charge on any atom is -0.489 e. The number of aliphatic imine (C=N–C) groups is 1. The first-order chi connectivity index (χ1) is 10.5. The highest BCUT2D eigenvalue weighted by Crippen LogP contribution is 2.51. The van der Waals surface area contributed by atoms with E-state index >= 15 is 0 Å². The Balaban J connectivity index is 1.97. The topological polar surface area (TPSA) is 77.2 Å². The average Bonchev–Trinajstić information content (AvgIpc) is 2.74. The van der Waals surface area contributed by atoms with Crippen LogP contribution in [0.2, 0.25) is 0 Å². The molecule has 1 aromatic carbocycles. The van der Waals surface area contributed by atoms with Crippen molar-refractivity contribution in [2.45, 2.75) is 18.1 Å². The van der Waals surface area contributed by atoms with Crippen LogP contribution in [0.15, 0.2) is 27.7 Å². The van der Waals surface area contributed by atoms with Crippen molar-refractivity contribution < 1.29 is 14.3 Å². The van der Waals surface area contributed by atoms with E-state index in [2.05, 4.69) is 20.9 Å². The van der Waals surface area contributed by atoms with Gasteiger partial charge in [-0.15, -0.1) is 0 Å².